The normalized spacial score (nSPS) is 12.3. The summed E-state index contributed by atoms with van der Waals surface area (Å²) in [6.45, 7) is 1.57. The third kappa shape index (κ3) is 5.12. The second kappa shape index (κ2) is 7.00. The Balaban J connectivity index is 2.18. The Bertz CT molecular complexity index is 954. The van der Waals surface area contributed by atoms with Gasteiger partial charge in [0, 0.05) is 12.8 Å². The number of benzene rings is 2. The first-order valence-corrected chi connectivity index (χ1v) is 10.6. The molecule has 0 heterocycles. The quantitative estimate of drug-likeness (QED) is 0.844. The molecule has 5 nitrogen and oxygen atoms in total. The Morgan fingerprint density at radius 2 is 1.67 bits per heavy atom. The molecule has 1 N–H and O–H groups in total. The minimum atomic E-state index is -3.87. The molecule has 0 spiro atoms. The Hall–Kier alpha value is -1.77. The molecular weight excluding hydrogens is 353 g/mol. The van der Waals surface area contributed by atoms with Crippen molar-refractivity contribution < 1.29 is 21.2 Å². The summed E-state index contributed by atoms with van der Waals surface area (Å²) in [4.78, 5) is -0.116. The van der Waals surface area contributed by atoms with Crippen LogP contribution in [0, 0.1) is 12.7 Å². The van der Waals surface area contributed by atoms with Crippen molar-refractivity contribution in [3.05, 3.63) is 65.0 Å². The molecule has 8 heteroatoms. The maximum Gasteiger partial charge on any atom is 0.241 e. The van der Waals surface area contributed by atoms with Crippen LogP contribution in [0.1, 0.15) is 16.7 Å². The van der Waals surface area contributed by atoms with Crippen molar-refractivity contribution in [3.63, 3.8) is 0 Å². The molecule has 0 amide bonds. The number of hydrogen-bond acceptors (Lipinski definition) is 4. The summed E-state index contributed by atoms with van der Waals surface area (Å²) in [6, 6.07) is 10.2. The highest BCUT2D eigenvalue weighted by atomic mass is 32.2. The smallest absolute Gasteiger partial charge is 0.229 e. The van der Waals surface area contributed by atoms with E-state index in [0.29, 0.717) is 16.7 Å². The molecule has 0 aromatic heterocycles. The Morgan fingerprint density at radius 1 is 1.00 bits per heavy atom. The Kier molecular flexibility index (Phi) is 5.42. The lowest BCUT2D eigenvalue weighted by molar-refractivity contribution is 0.576. The molecule has 130 valence electrons. The summed E-state index contributed by atoms with van der Waals surface area (Å²) in [5.41, 5.74) is 1.64. The lowest BCUT2D eigenvalue weighted by atomic mass is 10.1. The SMILES string of the molecule is Cc1ccc(F)cc1S(=O)(=O)NCc1cccc(CS(C)(=O)=O)c1. The summed E-state index contributed by atoms with van der Waals surface area (Å²) in [7, 11) is -7.04. The minimum Gasteiger partial charge on any atom is -0.229 e. The van der Waals surface area contributed by atoms with E-state index >= 15 is 0 Å². The molecule has 0 aliphatic rings. The van der Waals surface area contributed by atoms with Gasteiger partial charge in [-0.05, 0) is 35.7 Å². The van der Waals surface area contributed by atoms with E-state index in [0.717, 1.165) is 12.3 Å². The molecule has 0 aliphatic heterocycles. The fourth-order valence-corrected chi connectivity index (χ4v) is 4.31. The fraction of sp³-hybridized carbons (Fsp3) is 0.250. The summed E-state index contributed by atoms with van der Waals surface area (Å²) < 4.78 is 63.0. The lowest BCUT2D eigenvalue weighted by Crippen LogP contribution is -2.24. The summed E-state index contributed by atoms with van der Waals surface area (Å²) in [6.07, 6.45) is 1.13. The van der Waals surface area contributed by atoms with Gasteiger partial charge in [0.1, 0.15) is 5.82 Å². The monoisotopic (exact) mass is 371 g/mol. The van der Waals surface area contributed by atoms with Crippen LogP contribution < -0.4 is 4.72 Å². The molecule has 0 aliphatic carbocycles. The van der Waals surface area contributed by atoms with Crippen LogP contribution in [-0.2, 0) is 32.2 Å². The third-order valence-electron chi connectivity index (χ3n) is 3.33. The molecule has 2 aromatic rings. The van der Waals surface area contributed by atoms with Gasteiger partial charge in [0.05, 0.1) is 10.6 Å². The zero-order valence-electron chi connectivity index (χ0n) is 13.3. The number of nitrogens with one attached hydrogen (secondary N) is 1. The predicted molar refractivity (Wildman–Crippen MR) is 90.2 cm³/mol. The molecule has 24 heavy (non-hydrogen) atoms. The average Bonchev–Trinajstić information content (AvgIpc) is 2.46. The molecular formula is C16H18FNO4S2. The first kappa shape index (κ1) is 18.6. The standard InChI is InChI=1S/C16H18FNO4S2/c1-12-6-7-15(17)9-16(12)24(21,22)18-10-13-4-3-5-14(8-13)11-23(2,19)20/h3-9,18H,10-11H2,1-2H3. The van der Waals surface area contributed by atoms with Gasteiger partial charge in [-0.3, -0.25) is 0 Å². The van der Waals surface area contributed by atoms with E-state index in [2.05, 4.69) is 4.72 Å². The van der Waals surface area contributed by atoms with Gasteiger partial charge in [-0.1, -0.05) is 30.3 Å². The van der Waals surface area contributed by atoms with Crippen molar-refractivity contribution in [2.24, 2.45) is 0 Å². The number of rotatable bonds is 6. The van der Waals surface area contributed by atoms with Crippen LogP contribution in [0.25, 0.3) is 0 Å². The van der Waals surface area contributed by atoms with Gasteiger partial charge in [-0.25, -0.2) is 25.9 Å². The lowest BCUT2D eigenvalue weighted by Gasteiger charge is -2.10. The number of halogens is 1. The van der Waals surface area contributed by atoms with E-state index in [9.17, 15) is 21.2 Å². The largest absolute Gasteiger partial charge is 0.241 e. The van der Waals surface area contributed by atoms with Crippen molar-refractivity contribution in [2.45, 2.75) is 24.1 Å². The van der Waals surface area contributed by atoms with E-state index in [1.54, 1.807) is 31.2 Å². The summed E-state index contributed by atoms with van der Waals surface area (Å²) in [5, 5.41) is 0. The summed E-state index contributed by atoms with van der Waals surface area (Å²) >= 11 is 0. The maximum atomic E-state index is 13.3. The van der Waals surface area contributed by atoms with Crippen molar-refractivity contribution in [2.75, 3.05) is 6.26 Å². The van der Waals surface area contributed by atoms with E-state index in [1.165, 1.54) is 12.1 Å². The number of hydrogen-bond donors (Lipinski definition) is 1. The number of sulfone groups is 1. The second-order valence-corrected chi connectivity index (χ2v) is 9.50. The molecule has 0 saturated heterocycles. The highest BCUT2D eigenvalue weighted by Crippen LogP contribution is 2.17. The number of aryl methyl sites for hydroxylation is 1. The van der Waals surface area contributed by atoms with E-state index in [-0.39, 0.29) is 17.2 Å². The second-order valence-electron chi connectivity index (χ2n) is 5.62. The van der Waals surface area contributed by atoms with Crippen molar-refractivity contribution in [1.82, 2.24) is 4.72 Å². The first-order valence-electron chi connectivity index (χ1n) is 7.08. The molecule has 0 fully saturated rings. The van der Waals surface area contributed by atoms with Gasteiger partial charge in [-0.2, -0.15) is 0 Å². The minimum absolute atomic E-state index is 0.0180. The van der Waals surface area contributed by atoms with Gasteiger partial charge in [0.15, 0.2) is 9.84 Å². The van der Waals surface area contributed by atoms with Gasteiger partial charge in [-0.15, -0.1) is 0 Å². The van der Waals surface area contributed by atoms with E-state index in [1.807, 2.05) is 0 Å². The van der Waals surface area contributed by atoms with Gasteiger partial charge in [0.2, 0.25) is 10.0 Å². The molecule has 0 unspecified atom stereocenters. The van der Waals surface area contributed by atoms with Gasteiger partial charge in [0.25, 0.3) is 0 Å². The van der Waals surface area contributed by atoms with Crippen molar-refractivity contribution in [1.29, 1.82) is 0 Å². The molecule has 0 atom stereocenters. The molecule has 0 saturated carbocycles. The van der Waals surface area contributed by atoms with Crippen LogP contribution in [-0.4, -0.2) is 23.1 Å². The topological polar surface area (TPSA) is 80.3 Å². The molecule has 2 aromatic carbocycles. The van der Waals surface area contributed by atoms with Crippen LogP contribution in [0.4, 0.5) is 4.39 Å². The van der Waals surface area contributed by atoms with Crippen molar-refractivity contribution in [3.8, 4) is 0 Å². The van der Waals surface area contributed by atoms with Crippen LogP contribution in [0.5, 0.6) is 0 Å². The summed E-state index contributed by atoms with van der Waals surface area (Å²) in [5.74, 6) is -0.743. The number of sulfonamides is 1. The van der Waals surface area contributed by atoms with E-state index in [4.69, 9.17) is 0 Å². The average molecular weight is 371 g/mol. The van der Waals surface area contributed by atoms with Crippen LogP contribution in [0.2, 0.25) is 0 Å². The zero-order chi connectivity index (χ0) is 18.0. The zero-order valence-corrected chi connectivity index (χ0v) is 14.9. The highest BCUT2D eigenvalue weighted by molar-refractivity contribution is 7.90. The molecule has 2 rings (SSSR count). The van der Waals surface area contributed by atoms with Crippen LogP contribution in [0.3, 0.4) is 0 Å². The third-order valence-corrected chi connectivity index (χ3v) is 5.73. The fourth-order valence-electron chi connectivity index (χ4n) is 2.25. The van der Waals surface area contributed by atoms with Gasteiger partial charge >= 0.3 is 0 Å². The maximum absolute atomic E-state index is 13.3. The van der Waals surface area contributed by atoms with Crippen molar-refractivity contribution >= 4 is 19.9 Å². The molecule has 0 radical (unpaired) electrons. The highest BCUT2D eigenvalue weighted by Gasteiger charge is 2.17. The Labute approximate surface area is 141 Å². The van der Waals surface area contributed by atoms with Gasteiger partial charge < -0.3 is 0 Å². The first-order chi connectivity index (χ1) is 11.1. The van der Waals surface area contributed by atoms with Crippen LogP contribution >= 0.6 is 0 Å². The predicted octanol–water partition coefficient (Wildman–Crippen LogP) is 2.16. The Morgan fingerprint density at radius 3 is 2.33 bits per heavy atom. The molecule has 0 bridgehead atoms. The van der Waals surface area contributed by atoms with Crippen LogP contribution in [0.15, 0.2) is 47.4 Å². The van der Waals surface area contributed by atoms with E-state index < -0.39 is 25.7 Å².